The van der Waals surface area contributed by atoms with E-state index in [-0.39, 0.29) is 11.7 Å². The summed E-state index contributed by atoms with van der Waals surface area (Å²) in [7, 11) is 0. The molecule has 0 aliphatic rings. The van der Waals surface area contributed by atoms with Crippen LogP contribution < -0.4 is 5.32 Å². The van der Waals surface area contributed by atoms with Crippen LogP contribution in [-0.2, 0) is 11.3 Å². The Kier molecular flexibility index (Phi) is 7.29. The number of aromatic nitrogens is 4. The maximum atomic E-state index is 12.6. The predicted octanol–water partition coefficient (Wildman–Crippen LogP) is 7.59. The maximum Gasteiger partial charge on any atom is 0.234 e. The summed E-state index contributed by atoms with van der Waals surface area (Å²) in [5.41, 5.74) is 4.71. The molecule has 0 spiro atoms. The predicted molar refractivity (Wildman–Crippen MR) is 150 cm³/mol. The number of halogens is 2. The Bertz CT molecular complexity index is 1560. The molecule has 2 heterocycles. The van der Waals surface area contributed by atoms with Crippen LogP contribution in [0.4, 0.5) is 5.69 Å². The highest BCUT2D eigenvalue weighted by molar-refractivity contribution is 7.99. The van der Waals surface area contributed by atoms with Gasteiger partial charge in [-0.2, -0.15) is 0 Å². The van der Waals surface area contributed by atoms with Gasteiger partial charge in [0.05, 0.1) is 21.0 Å². The molecule has 0 saturated carbocycles. The Hall–Kier alpha value is -2.91. The van der Waals surface area contributed by atoms with Crippen LogP contribution in [0.2, 0.25) is 10.0 Å². The number of nitrogens with one attached hydrogen (secondary N) is 1. The second kappa shape index (κ2) is 10.6. The average molecular weight is 555 g/mol. The van der Waals surface area contributed by atoms with Crippen molar-refractivity contribution in [2.45, 2.75) is 25.5 Å². The average Bonchev–Trinajstić information content (AvgIpc) is 3.46. The molecule has 3 aromatic carbocycles. The van der Waals surface area contributed by atoms with Gasteiger partial charge in [0, 0.05) is 28.4 Å². The molecule has 0 fully saturated rings. The third kappa shape index (κ3) is 5.27. The van der Waals surface area contributed by atoms with Gasteiger partial charge in [-0.25, -0.2) is 4.98 Å². The van der Waals surface area contributed by atoms with Crippen molar-refractivity contribution in [3.8, 4) is 22.0 Å². The topological polar surface area (TPSA) is 72.7 Å². The van der Waals surface area contributed by atoms with Crippen LogP contribution in [0.5, 0.6) is 0 Å². The van der Waals surface area contributed by atoms with Crippen molar-refractivity contribution in [3.05, 3.63) is 76.3 Å². The normalized spacial score (nSPS) is 11.2. The minimum absolute atomic E-state index is 0.125. The van der Waals surface area contributed by atoms with E-state index in [4.69, 9.17) is 28.2 Å². The number of benzene rings is 3. The second-order valence-corrected chi connectivity index (χ2v) is 10.9. The smallest absolute Gasteiger partial charge is 0.234 e. The van der Waals surface area contributed by atoms with Crippen molar-refractivity contribution in [1.82, 2.24) is 19.7 Å². The van der Waals surface area contributed by atoms with Crippen LogP contribution in [0.1, 0.15) is 12.5 Å². The molecule has 2 aromatic heterocycles. The van der Waals surface area contributed by atoms with Crippen LogP contribution in [0, 0.1) is 6.92 Å². The number of carbonyl (C=O) groups is 1. The maximum absolute atomic E-state index is 12.6. The van der Waals surface area contributed by atoms with Gasteiger partial charge in [-0.15, -0.1) is 21.5 Å². The fraction of sp³-hybridized carbons (Fsp3) is 0.154. The SMILES string of the molecule is CCn1c(SCC(=O)Nc2ccc(-c3nc4ccc(C)cc4s3)cc2)nnc1-c1ccc(Cl)cc1Cl. The molecule has 0 aliphatic carbocycles. The fourth-order valence-corrected chi connectivity index (χ4v) is 6.09. The highest BCUT2D eigenvalue weighted by Crippen LogP contribution is 2.33. The van der Waals surface area contributed by atoms with Gasteiger partial charge in [0.1, 0.15) is 5.01 Å². The molecule has 36 heavy (non-hydrogen) atoms. The summed E-state index contributed by atoms with van der Waals surface area (Å²) >= 11 is 15.4. The molecule has 0 atom stereocenters. The lowest BCUT2D eigenvalue weighted by Gasteiger charge is -2.09. The van der Waals surface area contributed by atoms with Crippen molar-refractivity contribution in [1.29, 1.82) is 0 Å². The number of thiazole rings is 1. The summed E-state index contributed by atoms with van der Waals surface area (Å²) in [6, 6.07) is 19.3. The number of hydrogen-bond donors (Lipinski definition) is 1. The van der Waals surface area contributed by atoms with Gasteiger partial charge < -0.3 is 9.88 Å². The molecule has 1 amide bonds. The highest BCUT2D eigenvalue weighted by Gasteiger charge is 2.17. The van der Waals surface area contributed by atoms with Gasteiger partial charge in [0.25, 0.3) is 0 Å². The number of thioether (sulfide) groups is 1. The second-order valence-electron chi connectivity index (χ2n) is 8.08. The first kappa shape index (κ1) is 24.8. The Morgan fingerprint density at radius 2 is 1.86 bits per heavy atom. The first-order chi connectivity index (χ1) is 17.4. The van der Waals surface area contributed by atoms with Gasteiger partial charge >= 0.3 is 0 Å². The van der Waals surface area contributed by atoms with Gasteiger partial charge in [-0.1, -0.05) is 41.0 Å². The van der Waals surface area contributed by atoms with Crippen molar-refractivity contribution < 1.29 is 4.79 Å². The molecule has 0 bridgehead atoms. The molecule has 5 aromatic rings. The first-order valence-corrected chi connectivity index (χ1v) is 13.8. The molecule has 0 unspecified atom stereocenters. The number of hydrogen-bond acceptors (Lipinski definition) is 6. The zero-order chi connectivity index (χ0) is 25.2. The minimum Gasteiger partial charge on any atom is -0.325 e. The van der Waals surface area contributed by atoms with Crippen molar-refractivity contribution in [2.24, 2.45) is 0 Å². The van der Waals surface area contributed by atoms with E-state index < -0.39 is 0 Å². The lowest BCUT2D eigenvalue weighted by molar-refractivity contribution is -0.113. The van der Waals surface area contributed by atoms with E-state index in [1.807, 2.05) is 47.9 Å². The third-order valence-electron chi connectivity index (χ3n) is 5.50. The van der Waals surface area contributed by atoms with E-state index in [0.29, 0.717) is 27.6 Å². The molecule has 5 rings (SSSR count). The van der Waals surface area contributed by atoms with E-state index in [9.17, 15) is 4.79 Å². The molecule has 0 aliphatic heterocycles. The molecular weight excluding hydrogens is 533 g/mol. The number of carbonyl (C=O) groups excluding carboxylic acids is 1. The molecule has 0 saturated heterocycles. The Morgan fingerprint density at radius 3 is 2.61 bits per heavy atom. The van der Waals surface area contributed by atoms with E-state index in [2.05, 4.69) is 34.6 Å². The Labute approximate surface area is 226 Å². The molecule has 0 radical (unpaired) electrons. The molecule has 10 heteroatoms. The number of fused-ring (bicyclic) bond motifs is 1. The lowest BCUT2D eigenvalue weighted by Crippen LogP contribution is -2.14. The number of anilines is 1. The van der Waals surface area contributed by atoms with Crippen molar-refractivity contribution >= 4 is 68.1 Å². The number of rotatable bonds is 7. The molecule has 1 N–H and O–H groups in total. The molecule has 6 nitrogen and oxygen atoms in total. The van der Waals surface area contributed by atoms with Gasteiger partial charge in [-0.05, 0) is 74.0 Å². The van der Waals surface area contributed by atoms with Crippen LogP contribution in [0.3, 0.4) is 0 Å². The number of aryl methyl sites for hydroxylation is 1. The number of amides is 1. The monoisotopic (exact) mass is 553 g/mol. The summed E-state index contributed by atoms with van der Waals surface area (Å²) in [5, 5.41) is 14.2. The van der Waals surface area contributed by atoms with E-state index in [1.165, 1.54) is 22.0 Å². The van der Waals surface area contributed by atoms with Gasteiger partial charge in [0.2, 0.25) is 5.91 Å². The zero-order valence-electron chi connectivity index (χ0n) is 19.5. The van der Waals surface area contributed by atoms with E-state index >= 15 is 0 Å². The van der Waals surface area contributed by atoms with Crippen molar-refractivity contribution in [3.63, 3.8) is 0 Å². The zero-order valence-corrected chi connectivity index (χ0v) is 22.6. The Morgan fingerprint density at radius 1 is 1.06 bits per heavy atom. The van der Waals surface area contributed by atoms with Crippen LogP contribution >= 0.6 is 46.3 Å². The summed E-state index contributed by atoms with van der Waals surface area (Å²) in [6.07, 6.45) is 0. The van der Waals surface area contributed by atoms with Gasteiger partial charge in [0.15, 0.2) is 11.0 Å². The van der Waals surface area contributed by atoms with E-state index in [1.54, 1.807) is 23.5 Å². The van der Waals surface area contributed by atoms with Gasteiger partial charge in [-0.3, -0.25) is 4.79 Å². The lowest BCUT2D eigenvalue weighted by atomic mass is 10.2. The minimum atomic E-state index is -0.125. The summed E-state index contributed by atoms with van der Waals surface area (Å²) in [4.78, 5) is 17.3. The molecule has 182 valence electrons. The first-order valence-electron chi connectivity index (χ1n) is 11.2. The third-order valence-corrected chi connectivity index (χ3v) is 8.08. The standard InChI is InChI=1S/C26H21Cl2N5OS2/c1-3-33-24(19-10-7-17(27)13-20(19)28)31-32-26(33)35-14-23(34)29-18-8-5-16(6-9-18)25-30-21-11-4-15(2)12-22(21)36-25/h4-13H,3,14H2,1-2H3,(H,29,34). The fourth-order valence-electron chi connectivity index (χ4n) is 3.73. The number of nitrogens with zero attached hydrogens (tertiary/aromatic N) is 4. The largest absolute Gasteiger partial charge is 0.325 e. The quantitative estimate of drug-likeness (QED) is 0.210. The summed E-state index contributed by atoms with van der Waals surface area (Å²) in [5.74, 6) is 0.716. The Balaban J connectivity index is 1.23. The molecular formula is C26H21Cl2N5OS2. The summed E-state index contributed by atoms with van der Waals surface area (Å²) in [6.45, 7) is 4.71. The van der Waals surface area contributed by atoms with Crippen LogP contribution in [-0.4, -0.2) is 31.4 Å². The van der Waals surface area contributed by atoms with Crippen molar-refractivity contribution in [2.75, 3.05) is 11.1 Å². The highest BCUT2D eigenvalue weighted by atomic mass is 35.5. The van der Waals surface area contributed by atoms with E-state index in [0.717, 1.165) is 27.3 Å². The van der Waals surface area contributed by atoms with Crippen LogP contribution in [0.25, 0.3) is 32.2 Å². The van der Waals surface area contributed by atoms with Crippen LogP contribution in [0.15, 0.2) is 65.8 Å². The summed E-state index contributed by atoms with van der Waals surface area (Å²) < 4.78 is 3.10.